The van der Waals surface area contributed by atoms with E-state index in [9.17, 15) is 18.0 Å². The summed E-state index contributed by atoms with van der Waals surface area (Å²) in [5, 5.41) is 2.63. The van der Waals surface area contributed by atoms with Crippen LogP contribution in [0.4, 0.5) is 18.9 Å². The number of nitrogens with two attached hydrogens (primary N) is 1. The molecule has 0 aromatic heterocycles. The molecule has 124 valence electrons. The van der Waals surface area contributed by atoms with E-state index in [1.165, 1.54) is 6.07 Å². The summed E-state index contributed by atoms with van der Waals surface area (Å²) < 4.78 is 38.5. The molecule has 22 heavy (non-hydrogen) atoms. The highest BCUT2D eigenvalue weighted by atomic mass is 35.5. The standard InChI is InChI=1S/C15H19F3N2O.ClH/c1-2-14(4-3-5-14)13(21)20-12-7-10(9-19)6-11(8-12)15(16,17)18;/h6-8H,2-5,9,19H2,1H3,(H,20,21);1H. The second-order valence-electron chi connectivity index (χ2n) is 5.56. The lowest BCUT2D eigenvalue weighted by molar-refractivity contribution is -0.137. The SMILES string of the molecule is CCC1(C(=O)Nc2cc(CN)cc(C(F)(F)F)c2)CCC1.Cl. The van der Waals surface area contributed by atoms with Crippen molar-refractivity contribution in [2.45, 2.75) is 45.3 Å². The van der Waals surface area contributed by atoms with E-state index in [1.54, 1.807) is 0 Å². The fourth-order valence-electron chi connectivity index (χ4n) is 2.65. The maximum Gasteiger partial charge on any atom is 0.416 e. The number of amides is 1. The molecule has 1 aliphatic carbocycles. The van der Waals surface area contributed by atoms with Crippen molar-refractivity contribution in [3.05, 3.63) is 29.3 Å². The van der Waals surface area contributed by atoms with E-state index in [0.29, 0.717) is 12.0 Å². The summed E-state index contributed by atoms with van der Waals surface area (Å²) in [4.78, 5) is 12.3. The average Bonchev–Trinajstić information content (AvgIpc) is 2.36. The van der Waals surface area contributed by atoms with E-state index < -0.39 is 17.2 Å². The third-order valence-electron chi connectivity index (χ3n) is 4.28. The molecule has 1 aliphatic rings. The average molecular weight is 337 g/mol. The Morgan fingerprint density at radius 3 is 2.36 bits per heavy atom. The number of alkyl halides is 3. The van der Waals surface area contributed by atoms with Crippen LogP contribution >= 0.6 is 12.4 Å². The van der Waals surface area contributed by atoms with E-state index in [2.05, 4.69) is 5.32 Å². The minimum atomic E-state index is -4.45. The molecule has 1 amide bonds. The number of hydrogen-bond donors (Lipinski definition) is 2. The van der Waals surface area contributed by atoms with Crippen LogP contribution in [0, 0.1) is 5.41 Å². The predicted molar refractivity (Wildman–Crippen MR) is 81.8 cm³/mol. The maximum absolute atomic E-state index is 12.8. The Morgan fingerprint density at radius 1 is 1.32 bits per heavy atom. The lowest BCUT2D eigenvalue weighted by Gasteiger charge is -2.39. The molecule has 1 saturated carbocycles. The molecule has 7 heteroatoms. The largest absolute Gasteiger partial charge is 0.416 e. The van der Waals surface area contributed by atoms with Crippen molar-refractivity contribution >= 4 is 24.0 Å². The summed E-state index contributed by atoms with van der Waals surface area (Å²) in [5.41, 5.74) is 4.73. The zero-order chi connectivity index (χ0) is 15.7. The first-order valence-electron chi connectivity index (χ1n) is 7.03. The Hall–Kier alpha value is -1.27. The summed E-state index contributed by atoms with van der Waals surface area (Å²) in [6.07, 6.45) is -1.20. The lowest BCUT2D eigenvalue weighted by atomic mass is 9.66. The van der Waals surface area contributed by atoms with E-state index >= 15 is 0 Å². The van der Waals surface area contributed by atoms with Crippen LogP contribution < -0.4 is 11.1 Å². The number of rotatable bonds is 4. The van der Waals surface area contributed by atoms with Crippen molar-refractivity contribution in [2.75, 3.05) is 5.32 Å². The van der Waals surface area contributed by atoms with Crippen LogP contribution in [-0.4, -0.2) is 5.91 Å². The van der Waals surface area contributed by atoms with Gasteiger partial charge in [-0.15, -0.1) is 12.4 Å². The van der Waals surface area contributed by atoms with Crippen LogP contribution in [0.1, 0.15) is 43.7 Å². The third kappa shape index (κ3) is 3.73. The Labute approximate surface area is 133 Å². The maximum atomic E-state index is 12.8. The van der Waals surface area contributed by atoms with Gasteiger partial charge in [-0.25, -0.2) is 0 Å². The summed E-state index contributed by atoms with van der Waals surface area (Å²) in [6, 6.07) is 3.46. The van der Waals surface area contributed by atoms with Gasteiger partial charge in [0.05, 0.1) is 5.56 Å². The molecule has 0 bridgehead atoms. The van der Waals surface area contributed by atoms with Crippen molar-refractivity contribution < 1.29 is 18.0 Å². The topological polar surface area (TPSA) is 55.1 Å². The van der Waals surface area contributed by atoms with Crippen LogP contribution in [0.2, 0.25) is 0 Å². The predicted octanol–water partition coefficient (Wildman–Crippen LogP) is 4.10. The van der Waals surface area contributed by atoms with Crippen LogP contribution in [-0.2, 0) is 17.5 Å². The minimum Gasteiger partial charge on any atom is -0.326 e. The summed E-state index contributed by atoms with van der Waals surface area (Å²) in [6.45, 7) is 1.92. The molecule has 3 N–H and O–H groups in total. The quantitative estimate of drug-likeness (QED) is 0.869. The van der Waals surface area contributed by atoms with E-state index in [4.69, 9.17) is 5.73 Å². The number of carbonyl (C=O) groups excluding carboxylic acids is 1. The number of carbonyl (C=O) groups is 1. The van der Waals surface area contributed by atoms with Crippen LogP contribution in [0.5, 0.6) is 0 Å². The summed E-state index contributed by atoms with van der Waals surface area (Å²) in [7, 11) is 0. The van der Waals surface area contributed by atoms with Crippen molar-refractivity contribution in [1.82, 2.24) is 0 Å². The molecule has 1 fully saturated rings. The van der Waals surface area contributed by atoms with Crippen molar-refractivity contribution in [1.29, 1.82) is 0 Å². The number of nitrogens with one attached hydrogen (secondary N) is 1. The molecular weight excluding hydrogens is 317 g/mol. The summed E-state index contributed by atoms with van der Waals surface area (Å²) >= 11 is 0. The molecule has 0 heterocycles. The zero-order valence-electron chi connectivity index (χ0n) is 12.3. The normalized spacial score (nSPS) is 16.4. The van der Waals surface area contributed by atoms with E-state index in [1.807, 2.05) is 6.92 Å². The molecule has 0 atom stereocenters. The van der Waals surface area contributed by atoms with Gasteiger partial charge in [0, 0.05) is 17.6 Å². The van der Waals surface area contributed by atoms with Gasteiger partial charge >= 0.3 is 6.18 Å². The first-order chi connectivity index (χ1) is 9.80. The van der Waals surface area contributed by atoms with Crippen molar-refractivity contribution in [2.24, 2.45) is 11.1 Å². The minimum absolute atomic E-state index is 0. The van der Waals surface area contributed by atoms with Crippen molar-refractivity contribution in [3.63, 3.8) is 0 Å². The number of hydrogen-bond acceptors (Lipinski definition) is 2. The molecule has 0 spiro atoms. The zero-order valence-corrected chi connectivity index (χ0v) is 13.1. The molecule has 0 aliphatic heterocycles. The smallest absolute Gasteiger partial charge is 0.326 e. The monoisotopic (exact) mass is 336 g/mol. The van der Waals surface area contributed by atoms with Crippen LogP contribution in [0.15, 0.2) is 18.2 Å². The summed E-state index contributed by atoms with van der Waals surface area (Å²) in [5.74, 6) is -0.196. The van der Waals surface area contributed by atoms with Gasteiger partial charge < -0.3 is 11.1 Å². The Balaban J connectivity index is 0.00000242. The second-order valence-corrected chi connectivity index (χ2v) is 5.56. The molecule has 1 aromatic carbocycles. The van der Waals surface area contributed by atoms with Gasteiger partial charge in [-0.1, -0.05) is 13.3 Å². The number of halogens is 4. The lowest BCUT2D eigenvalue weighted by Crippen LogP contribution is -2.41. The van der Waals surface area contributed by atoms with E-state index in [-0.39, 0.29) is 30.5 Å². The van der Waals surface area contributed by atoms with Gasteiger partial charge in [0.15, 0.2) is 0 Å². The van der Waals surface area contributed by atoms with Crippen LogP contribution in [0.3, 0.4) is 0 Å². The Kier molecular flexibility index (Phi) is 5.87. The Bertz CT molecular complexity index is 537. The molecule has 0 unspecified atom stereocenters. The molecular formula is C15H20ClF3N2O. The fourth-order valence-corrected chi connectivity index (χ4v) is 2.65. The molecule has 3 nitrogen and oxygen atoms in total. The van der Waals surface area contributed by atoms with Gasteiger partial charge in [0.1, 0.15) is 0 Å². The fraction of sp³-hybridized carbons (Fsp3) is 0.533. The second kappa shape index (κ2) is 6.87. The van der Waals surface area contributed by atoms with Gasteiger partial charge in [0.2, 0.25) is 5.91 Å². The number of anilines is 1. The highest BCUT2D eigenvalue weighted by molar-refractivity contribution is 5.96. The highest BCUT2D eigenvalue weighted by Crippen LogP contribution is 2.44. The first kappa shape index (κ1) is 18.8. The van der Waals surface area contributed by atoms with Gasteiger partial charge in [-0.05, 0) is 43.0 Å². The molecule has 1 aromatic rings. The Morgan fingerprint density at radius 2 is 1.95 bits per heavy atom. The first-order valence-corrected chi connectivity index (χ1v) is 7.03. The van der Waals surface area contributed by atoms with Gasteiger partial charge in [-0.2, -0.15) is 13.2 Å². The third-order valence-corrected chi connectivity index (χ3v) is 4.28. The molecule has 2 rings (SSSR count). The molecule has 0 saturated heterocycles. The van der Waals surface area contributed by atoms with E-state index in [0.717, 1.165) is 31.4 Å². The van der Waals surface area contributed by atoms with Crippen LogP contribution in [0.25, 0.3) is 0 Å². The van der Waals surface area contributed by atoms with Gasteiger partial charge in [0.25, 0.3) is 0 Å². The van der Waals surface area contributed by atoms with Gasteiger partial charge in [-0.3, -0.25) is 4.79 Å². The number of benzene rings is 1. The molecule has 0 radical (unpaired) electrons. The highest BCUT2D eigenvalue weighted by Gasteiger charge is 2.42. The van der Waals surface area contributed by atoms with Crippen molar-refractivity contribution in [3.8, 4) is 0 Å².